The van der Waals surface area contributed by atoms with Crippen molar-refractivity contribution in [2.24, 2.45) is 0 Å². The van der Waals surface area contributed by atoms with Gasteiger partial charge in [0.05, 0.1) is 13.2 Å². The predicted octanol–water partition coefficient (Wildman–Crippen LogP) is 1.96. The van der Waals surface area contributed by atoms with Crippen molar-refractivity contribution in [3.8, 4) is 5.06 Å². The van der Waals surface area contributed by atoms with Crippen LogP contribution in [-0.4, -0.2) is 36.8 Å². The molecule has 3 nitrogen and oxygen atoms in total. The molecule has 0 aliphatic rings. The van der Waals surface area contributed by atoms with Crippen molar-refractivity contribution in [2.45, 2.75) is 26.0 Å². The number of hydrogen-bond acceptors (Lipinski definition) is 4. The number of aliphatic hydroxyl groups is 1. The molecule has 0 fully saturated rings. The first-order chi connectivity index (χ1) is 7.11. The van der Waals surface area contributed by atoms with E-state index in [-0.39, 0.29) is 6.10 Å². The van der Waals surface area contributed by atoms with Crippen LogP contribution >= 0.6 is 11.3 Å². The molecule has 1 heterocycles. The molecule has 4 heteroatoms. The van der Waals surface area contributed by atoms with E-state index in [1.54, 1.807) is 18.4 Å². The number of aliphatic hydroxyl groups excluding tert-OH is 1. The monoisotopic (exact) mass is 229 g/mol. The van der Waals surface area contributed by atoms with E-state index in [2.05, 4.69) is 18.0 Å². The Hall–Kier alpha value is -0.580. The molecule has 0 amide bonds. The summed E-state index contributed by atoms with van der Waals surface area (Å²) >= 11 is 1.67. The van der Waals surface area contributed by atoms with Gasteiger partial charge in [0.1, 0.15) is 0 Å². The van der Waals surface area contributed by atoms with Crippen molar-refractivity contribution in [2.75, 3.05) is 20.7 Å². The largest absolute Gasteiger partial charge is 0.487 e. The SMILES string of the molecule is COc1ccc(CN(C)CCC(C)O)s1. The van der Waals surface area contributed by atoms with Crippen molar-refractivity contribution in [3.05, 3.63) is 17.0 Å². The minimum absolute atomic E-state index is 0.217. The van der Waals surface area contributed by atoms with Gasteiger partial charge in [0.15, 0.2) is 5.06 Å². The first-order valence-corrected chi connectivity index (χ1v) is 5.92. The molecule has 1 N–H and O–H groups in total. The minimum atomic E-state index is -0.217. The molecular formula is C11H19NO2S. The number of thiophene rings is 1. The summed E-state index contributed by atoms with van der Waals surface area (Å²) in [6.45, 7) is 3.65. The number of methoxy groups -OCH3 is 1. The summed E-state index contributed by atoms with van der Waals surface area (Å²) in [7, 11) is 3.75. The van der Waals surface area contributed by atoms with Crippen molar-refractivity contribution in [1.82, 2.24) is 4.90 Å². The molecule has 0 spiro atoms. The molecule has 86 valence electrons. The Kier molecular flexibility index (Phi) is 5.08. The molecule has 0 aromatic carbocycles. The Morgan fingerprint density at radius 1 is 1.53 bits per heavy atom. The zero-order valence-electron chi connectivity index (χ0n) is 9.56. The zero-order chi connectivity index (χ0) is 11.3. The predicted molar refractivity (Wildman–Crippen MR) is 63.5 cm³/mol. The smallest absolute Gasteiger partial charge is 0.173 e. The van der Waals surface area contributed by atoms with E-state index in [0.29, 0.717) is 0 Å². The Morgan fingerprint density at radius 3 is 2.80 bits per heavy atom. The van der Waals surface area contributed by atoms with Gasteiger partial charge >= 0.3 is 0 Å². The van der Waals surface area contributed by atoms with E-state index in [9.17, 15) is 0 Å². The summed E-state index contributed by atoms with van der Waals surface area (Å²) in [6.07, 6.45) is 0.601. The average molecular weight is 229 g/mol. The molecule has 0 saturated heterocycles. The maximum absolute atomic E-state index is 9.17. The normalized spacial score (nSPS) is 13.1. The quantitative estimate of drug-likeness (QED) is 0.809. The van der Waals surface area contributed by atoms with Crippen LogP contribution in [0.5, 0.6) is 5.06 Å². The van der Waals surface area contributed by atoms with E-state index in [1.165, 1.54) is 4.88 Å². The van der Waals surface area contributed by atoms with E-state index in [1.807, 2.05) is 13.0 Å². The van der Waals surface area contributed by atoms with Gasteiger partial charge in [-0.1, -0.05) is 0 Å². The Morgan fingerprint density at radius 2 is 2.27 bits per heavy atom. The lowest BCUT2D eigenvalue weighted by molar-refractivity contribution is 0.163. The van der Waals surface area contributed by atoms with Crippen LogP contribution in [0.25, 0.3) is 0 Å². The third kappa shape index (κ3) is 4.64. The van der Waals surface area contributed by atoms with Crippen LogP contribution in [0.2, 0.25) is 0 Å². The molecule has 0 aliphatic heterocycles. The summed E-state index contributed by atoms with van der Waals surface area (Å²) in [5, 5.41) is 10.1. The summed E-state index contributed by atoms with van der Waals surface area (Å²) < 4.78 is 5.13. The highest BCUT2D eigenvalue weighted by atomic mass is 32.1. The first-order valence-electron chi connectivity index (χ1n) is 5.11. The van der Waals surface area contributed by atoms with Gasteiger partial charge in [-0.05, 0) is 32.5 Å². The van der Waals surface area contributed by atoms with Gasteiger partial charge in [-0.3, -0.25) is 0 Å². The fraction of sp³-hybridized carbons (Fsp3) is 0.636. The van der Waals surface area contributed by atoms with E-state index in [0.717, 1.165) is 24.6 Å². The lowest BCUT2D eigenvalue weighted by atomic mass is 10.3. The Balaban J connectivity index is 2.33. The van der Waals surface area contributed by atoms with Crippen LogP contribution in [0.4, 0.5) is 0 Å². The summed E-state index contributed by atoms with van der Waals surface area (Å²) in [6, 6.07) is 4.07. The van der Waals surface area contributed by atoms with Crippen LogP contribution in [0.3, 0.4) is 0 Å². The molecule has 1 rings (SSSR count). The van der Waals surface area contributed by atoms with Crippen LogP contribution in [0.1, 0.15) is 18.2 Å². The number of hydrogen-bond donors (Lipinski definition) is 1. The maximum Gasteiger partial charge on any atom is 0.173 e. The third-order valence-corrected chi connectivity index (χ3v) is 3.22. The highest BCUT2D eigenvalue weighted by Crippen LogP contribution is 2.24. The van der Waals surface area contributed by atoms with Crippen molar-refractivity contribution >= 4 is 11.3 Å². The van der Waals surface area contributed by atoms with Crippen LogP contribution in [0, 0.1) is 0 Å². The van der Waals surface area contributed by atoms with E-state index >= 15 is 0 Å². The molecule has 1 unspecified atom stereocenters. The first kappa shape index (κ1) is 12.5. The summed E-state index contributed by atoms with van der Waals surface area (Å²) in [4.78, 5) is 3.50. The van der Waals surface area contributed by atoms with Crippen molar-refractivity contribution in [1.29, 1.82) is 0 Å². The summed E-state index contributed by atoms with van der Waals surface area (Å²) in [5.41, 5.74) is 0. The Labute approximate surface area is 95.3 Å². The fourth-order valence-electron chi connectivity index (χ4n) is 1.31. The molecule has 0 bridgehead atoms. The van der Waals surface area contributed by atoms with Gasteiger partial charge in [0.2, 0.25) is 0 Å². The van der Waals surface area contributed by atoms with Gasteiger partial charge < -0.3 is 14.7 Å². The van der Waals surface area contributed by atoms with Crippen LogP contribution in [-0.2, 0) is 6.54 Å². The Bertz CT molecular complexity index is 286. The number of nitrogens with zero attached hydrogens (tertiary/aromatic N) is 1. The molecule has 0 saturated carbocycles. The van der Waals surface area contributed by atoms with Crippen LogP contribution < -0.4 is 4.74 Å². The van der Waals surface area contributed by atoms with Crippen molar-refractivity contribution < 1.29 is 9.84 Å². The molecule has 1 aromatic rings. The molecule has 1 aromatic heterocycles. The maximum atomic E-state index is 9.17. The fourth-order valence-corrected chi connectivity index (χ4v) is 2.20. The topological polar surface area (TPSA) is 32.7 Å². The number of rotatable bonds is 6. The van der Waals surface area contributed by atoms with E-state index < -0.39 is 0 Å². The highest BCUT2D eigenvalue weighted by Gasteiger charge is 2.05. The van der Waals surface area contributed by atoms with Crippen molar-refractivity contribution in [3.63, 3.8) is 0 Å². The standard InChI is InChI=1S/C11H19NO2S/c1-9(13)6-7-12(2)8-10-4-5-11(14-3)15-10/h4-5,9,13H,6-8H2,1-3H3. The van der Waals surface area contributed by atoms with Crippen LogP contribution in [0.15, 0.2) is 12.1 Å². The van der Waals surface area contributed by atoms with Gasteiger partial charge in [0, 0.05) is 18.0 Å². The zero-order valence-corrected chi connectivity index (χ0v) is 10.4. The summed E-state index contributed by atoms with van der Waals surface area (Å²) in [5.74, 6) is 0. The molecular weight excluding hydrogens is 210 g/mol. The van der Waals surface area contributed by atoms with Gasteiger partial charge in [-0.25, -0.2) is 0 Å². The second-order valence-corrected chi connectivity index (χ2v) is 4.93. The third-order valence-electron chi connectivity index (χ3n) is 2.19. The average Bonchev–Trinajstić information content (AvgIpc) is 2.62. The highest BCUT2D eigenvalue weighted by molar-refractivity contribution is 7.13. The van der Waals surface area contributed by atoms with Gasteiger partial charge in [0.25, 0.3) is 0 Å². The number of ether oxygens (including phenoxy) is 1. The second-order valence-electron chi connectivity index (χ2n) is 3.80. The second kappa shape index (κ2) is 6.10. The molecule has 15 heavy (non-hydrogen) atoms. The van der Waals surface area contributed by atoms with Gasteiger partial charge in [-0.15, -0.1) is 11.3 Å². The minimum Gasteiger partial charge on any atom is -0.487 e. The lowest BCUT2D eigenvalue weighted by Gasteiger charge is -2.16. The van der Waals surface area contributed by atoms with E-state index in [4.69, 9.17) is 9.84 Å². The molecule has 1 atom stereocenters. The molecule has 0 radical (unpaired) electrons. The van der Waals surface area contributed by atoms with Gasteiger partial charge in [-0.2, -0.15) is 0 Å². The lowest BCUT2D eigenvalue weighted by Crippen LogP contribution is -2.21. The molecule has 0 aliphatic carbocycles.